The lowest BCUT2D eigenvalue weighted by atomic mass is 10.2. The van der Waals surface area contributed by atoms with Gasteiger partial charge in [0, 0.05) is 29.4 Å². The number of aromatic nitrogens is 2. The van der Waals surface area contributed by atoms with Crippen LogP contribution in [0.3, 0.4) is 0 Å². The molecule has 0 atom stereocenters. The van der Waals surface area contributed by atoms with Gasteiger partial charge in [0.2, 0.25) is 0 Å². The van der Waals surface area contributed by atoms with E-state index in [1.54, 1.807) is 28.6 Å². The van der Waals surface area contributed by atoms with Crippen molar-refractivity contribution in [2.75, 3.05) is 6.54 Å². The Labute approximate surface area is 139 Å². The van der Waals surface area contributed by atoms with E-state index in [9.17, 15) is 4.79 Å². The third kappa shape index (κ3) is 3.63. The van der Waals surface area contributed by atoms with E-state index < -0.39 is 0 Å². The van der Waals surface area contributed by atoms with Gasteiger partial charge in [-0.3, -0.25) is 4.79 Å². The first kappa shape index (κ1) is 15.4. The minimum Gasteiger partial charge on any atom is -0.334 e. The molecule has 2 heterocycles. The highest BCUT2D eigenvalue weighted by atomic mass is 32.1. The summed E-state index contributed by atoms with van der Waals surface area (Å²) in [5.41, 5.74) is 1.46. The molecule has 0 aliphatic heterocycles. The zero-order valence-corrected chi connectivity index (χ0v) is 13.7. The van der Waals surface area contributed by atoms with Crippen LogP contribution in [0.15, 0.2) is 60.2 Å². The maximum Gasteiger partial charge on any atom is 0.257 e. The van der Waals surface area contributed by atoms with Gasteiger partial charge in [0.25, 0.3) is 5.91 Å². The molecule has 4 nitrogen and oxygen atoms in total. The van der Waals surface area contributed by atoms with E-state index in [-0.39, 0.29) is 5.91 Å². The van der Waals surface area contributed by atoms with Crippen molar-refractivity contribution in [1.82, 2.24) is 14.9 Å². The van der Waals surface area contributed by atoms with Crippen molar-refractivity contribution >= 4 is 17.2 Å². The van der Waals surface area contributed by atoms with E-state index in [2.05, 4.69) is 9.97 Å². The molecule has 23 heavy (non-hydrogen) atoms. The number of carbonyl (C=O) groups is 1. The lowest BCUT2D eigenvalue weighted by Gasteiger charge is -2.19. The highest BCUT2D eigenvalue weighted by molar-refractivity contribution is 7.09. The molecular formula is C18H17N3OS. The average Bonchev–Trinajstić information content (AvgIpc) is 3.13. The molecule has 0 unspecified atom stereocenters. The Morgan fingerprint density at radius 3 is 2.43 bits per heavy atom. The summed E-state index contributed by atoms with van der Waals surface area (Å²) >= 11 is 1.65. The molecule has 3 aromatic rings. The van der Waals surface area contributed by atoms with Crippen LogP contribution in [0, 0.1) is 0 Å². The van der Waals surface area contributed by atoms with Crippen LogP contribution in [-0.2, 0) is 6.54 Å². The predicted octanol–water partition coefficient (Wildman–Crippen LogP) is 3.87. The fourth-order valence-electron chi connectivity index (χ4n) is 2.28. The van der Waals surface area contributed by atoms with Gasteiger partial charge in [0.1, 0.15) is 0 Å². The monoisotopic (exact) mass is 323 g/mol. The highest BCUT2D eigenvalue weighted by Gasteiger charge is 2.16. The van der Waals surface area contributed by atoms with Crippen molar-refractivity contribution in [3.05, 3.63) is 70.7 Å². The van der Waals surface area contributed by atoms with Crippen molar-refractivity contribution in [2.45, 2.75) is 13.5 Å². The zero-order valence-electron chi connectivity index (χ0n) is 12.8. The molecule has 0 saturated carbocycles. The fourth-order valence-corrected chi connectivity index (χ4v) is 2.99. The quantitative estimate of drug-likeness (QED) is 0.716. The summed E-state index contributed by atoms with van der Waals surface area (Å²) in [6, 6.07) is 13.8. The van der Waals surface area contributed by atoms with Crippen molar-refractivity contribution in [3.8, 4) is 11.4 Å². The number of hydrogen-bond donors (Lipinski definition) is 0. The van der Waals surface area contributed by atoms with Gasteiger partial charge < -0.3 is 4.90 Å². The lowest BCUT2D eigenvalue weighted by molar-refractivity contribution is 0.0753. The molecule has 0 bridgehead atoms. The number of amides is 1. The van der Waals surface area contributed by atoms with Crippen LogP contribution in [0.25, 0.3) is 11.4 Å². The molecule has 0 radical (unpaired) electrons. The van der Waals surface area contributed by atoms with Gasteiger partial charge in [0.15, 0.2) is 5.82 Å². The van der Waals surface area contributed by atoms with Crippen LogP contribution in [0.1, 0.15) is 22.2 Å². The third-order valence-electron chi connectivity index (χ3n) is 3.53. The van der Waals surface area contributed by atoms with Crippen molar-refractivity contribution in [1.29, 1.82) is 0 Å². The number of carbonyl (C=O) groups excluding carboxylic acids is 1. The first-order chi connectivity index (χ1) is 11.3. The number of nitrogens with zero attached hydrogens (tertiary/aromatic N) is 3. The van der Waals surface area contributed by atoms with Crippen LogP contribution >= 0.6 is 11.3 Å². The van der Waals surface area contributed by atoms with E-state index in [1.807, 2.05) is 54.8 Å². The maximum absolute atomic E-state index is 12.6. The largest absolute Gasteiger partial charge is 0.334 e. The van der Waals surface area contributed by atoms with Crippen LogP contribution in [0.5, 0.6) is 0 Å². The van der Waals surface area contributed by atoms with E-state index in [4.69, 9.17) is 0 Å². The number of thiophene rings is 1. The second-order valence-corrected chi connectivity index (χ2v) is 6.09. The van der Waals surface area contributed by atoms with Crippen LogP contribution in [0.4, 0.5) is 0 Å². The maximum atomic E-state index is 12.6. The molecular weight excluding hydrogens is 306 g/mol. The normalized spacial score (nSPS) is 10.5. The molecule has 0 spiro atoms. The van der Waals surface area contributed by atoms with Gasteiger partial charge in [-0.2, -0.15) is 0 Å². The van der Waals surface area contributed by atoms with E-state index in [0.717, 1.165) is 5.56 Å². The molecule has 0 aliphatic carbocycles. The fraction of sp³-hybridized carbons (Fsp3) is 0.167. The Bertz CT molecular complexity index is 755. The van der Waals surface area contributed by atoms with E-state index in [1.165, 1.54) is 4.88 Å². The molecule has 0 N–H and O–H groups in total. The van der Waals surface area contributed by atoms with Crippen LogP contribution in [-0.4, -0.2) is 27.3 Å². The standard InChI is InChI=1S/C18H17N3OS/c1-2-21(13-16-9-6-10-23-16)18(22)15-11-19-17(20-12-15)14-7-4-3-5-8-14/h3-12H,2,13H2,1H3. The molecule has 116 valence electrons. The molecule has 0 fully saturated rings. The summed E-state index contributed by atoms with van der Waals surface area (Å²) in [5.74, 6) is 0.587. The Balaban J connectivity index is 1.76. The Morgan fingerprint density at radius 1 is 1.09 bits per heavy atom. The second-order valence-electron chi connectivity index (χ2n) is 5.06. The zero-order chi connectivity index (χ0) is 16.1. The van der Waals surface area contributed by atoms with E-state index >= 15 is 0 Å². The summed E-state index contributed by atoms with van der Waals surface area (Å²) < 4.78 is 0. The highest BCUT2D eigenvalue weighted by Crippen LogP contribution is 2.16. The number of benzene rings is 1. The molecule has 5 heteroatoms. The minimum atomic E-state index is -0.0412. The summed E-state index contributed by atoms with van der Waals surface area (Å²) in [4.78, 5) is 24.2. The van der Waals surface area contributed by atoms with Crippen molar-refractivity contribution in [2.24, 2.45) is 0 Å². The second kappa shape index (κ2) is 7.15. The molecule has 3 rings (SSSR count). The van der Waals surface area contributed by atoms with Crippen molar-refractivity contribution in [3.63, 3.8) is 0 Å². The first-order valence-electron chi connectivity index (χ1n) is 7.47. The number of hydrogen-bond acceptors (Lipinski definition) is 4. The molecule has 2 aromatic heterocycles. The van der Waals surface area contributed by atoms with Crippen LogP contribution in [0.2, 0.25) is 0 Å². The van der Waals surface area contributed by atoms with Gasteiger partial charge in [0.05, 0.1) is 12.1 Å². The number of rotatable bonds is 5. The predicted molar refractivity (Wildman–Crippen MR) is 92.2 cm³/mol. The third-order valence-corrected chi connectivity index (χ3v) is 4.39. The minimum absolute atomic E-state index is 0.0412. The van der Waals surface area contributed by atoms with Gasteiger partial charge in [-0.1, -0.05) is 36.4 Å². The van der Waals surface area contributed by atoms with Gasteiger partial charge in [-0.05, 0) is 18.4 Å². The Morgan fingerprint density at radius 2 is 1.83 bits per heavy atom. The molecule has 1 amide bonds. The molecule has 0 aliphatic rings. The smallest absolute Gasteiger partial charge is 0.257 e. The topological polar surface area (TPSA) is 46.1 Å². The molecule has 0 saturated heterocycles. The lowest BCUT2D eigenvalue weighted by Crippen LogP contribution is -2.30. The average molecular weight is 323 g/mol. The SMILES string of the molecule is CCN(Cc1cccs1)C(=O)c1cnc(-c2ccccc2)nc1. The Kier molecular flexibility index (Phi) is 4.78. The van der Waals surface area contributed by atoms with Gasteiger partial charge in [-0.25, -0.2) is 9.97 Å². The summed E-state index contributed by atoms with van der Waals surface area (Å²) in [5, 5.41) is 2.02. The summed E-state index contributed by atoms with van der Waals surface area (Å²) in [6.07, 6.45) is 3.21. The van der Waals surface area contributed by atoms with Gasteiger partial charge in [-0.15, -0.1) is 11.3 Å². The first-order valence-corrected chi connectivity index (χ1v) is 8.35. The van der Waals surface area contributed by atoms with Crippen LogP contribution < -0.4 is 0 Å². The molecule has 1 aromatic carbocycles. The van der Waals surface area contributed by atoms with E-state index in [0.29, 0.717) is 24.5 Å². The van der Waals surface area contributed by atoms with Gasteiger partial charge >= 0.3 is 0 Å². The summed E-state index contributed by atoms with van der Waals surface area (Å²) in [6.45, 7) is 3.25. The van der Waals surface area contributed by atoms with Crippen molar-refractivity contribution < 1.29 is 4.79 Å². The summed E-state index contributed by atoms with van der Waals surface area (Å²) in [7, 11) is 0. The Hall–Kier alpha value is -2.53.